The van der Waals surface area contributed by atoms with Crippen LogP contribution in [0.5, 0.6) is 0 Å². The van der Waals surface area contributed by atoms with Gasteiger partial charge in [0.2, 0.25) is 0 Å². The summed E-state index contributed by atoms with van der Waals surface area (Å²) in [6.07, 6.45) is -0.270. The minimum Gasteiger partial charge on any atom is -0.373 e. The van der Waals surface area contributed by atoms with Gasteiger partial charge >= 0.3 is 6.03 Å². The average Bonchev–Trinajstić information content (AvgIpc) is 3.18. The van der Waals surface area contributed by atoms with Crippen LogP contribution >= 0.6 is 11.3 Å². The summed E-state index contributed by atoms with van der Waals surface area (Å²) in [6.45, 7) is 1.58. The van der Waals surface area contributed by atoms with Crippen LogP contribution < -0.4 is 16.2 Å². The van der Waals surface area contributed by atoms with Crippen LogP contribution in [0.4, 0.5) is 4.79 Å². The Hall–Kier alpha value is -2.91. The molecule has 3 N–H and O–H groups in total. The van der Waals surface area contributed by atoms with E-state index in [0.717, 1.165) is 15.6 Å². The number of pyridine rings is 1. The van der Waals surface area contributed by atoms with Crippen molar-refractivity contribution in [2.75, 3.05) is 33.3 Å². The first-order valence-corrected chi connectivity index (χ1v) is 9.79. The first-order valence-electron chi connectivity index (χ1n) is 8.98. The number of H-pyrrole nitrogens is 1. The third-order valence-corrected chi connectivity index (χ3v) is 5.91. The van der Waals surface area contributed by atoms with Crippen molar-refractivity contribution < 1.29 is 14.3 Å². The maximum absolute atomic E-state index is 13.0. The zero-order valence-corrected chi connectivity index (χ0v) is 16.1. The second kappa shape index (κ2) is 7.61. The molecule has 2 aromatic heterocycles. The first-order chi connectivity index (χ1) is 13.6. The maximum Gasteiger partial charge on any atom is 0.314 e. The minimum atomic E-state index is -0.289. The van der Waals surface area contributed by atoms with E-state index in [1.54, 1.807) is 18.0 Å². The number of morpholine rings is 1. The number of para-hydroxylation sites is 1. The number of nitrogens with zero attached hydrogens (tertiary/aromatic N) is 1. The molecule has 3 aromatic rings. The van der Waals surface area contributed by atoms with Crippen LogP contribution in [0, 0.1) is 0 Å². The van der Waals surface area contributed by atoms with Gasteiger partial charge in [-0.2, -0.15) is 0 Å². The van der Waals surface area contributed by atoms with E-state index in [9.17, 15) is 14.4 Å². The van der Waals surface area contributed by atoms with Crippen molar-refractivity contribution in [3.63, 3.8) is 0 Å². The number of amides is 3. The third-order valence-electron chi connectivity index (χ3n) is 4.75. The van der Waals surface area contributed by atoms with Crippen LogP contribution in [0.3, 0.4) is 0 Å². The van der Waals surface area contributed by atoms with Gasteiger partial charge < -0.3 is 25.3 Å². The summed E-state index contributed by atoms with van der Waals surface area (Å²) in [6, 6.07) is 8.94. The quantitative estimate of drug-likeness (QED) is 0.620. The van der Waals surface area contributed by atoms with Crippen molar-refractivity contribution in [2.45, 2.75) is 6.10 Å². The van der Waals surface area contributed by atoms with E-state index in [2.05, 4.69) is 15.6 Å². The second-order valence-corrected chi connectivity index (χ2v) is 7.61. The van der Waals surface area contributed by atoms with Gasteiger partial charge in [-0.05, 0) is 12.1 Å². The lowest BCUT2D eigenvalue weighted by Gasteiger charge is -2.32. The molecule has 9 heteroatoms. The SMILES string of the molecule is CNC(=O)NCC1CN(C(=O)c2cc3c(=O)[nH]c4ccccc4c3s2)CCO1. The monoisotopic (exact) mass is 400 g/mol. The molecular formula is C19H20N4O4S. The van der Waals surface area contributed by atoms with E-state index < -0.39 is 0 Å². The molecule has 0 aliphatic carbocycles. The molecule has 0 saturated carbocycles. The van der Waals surface area contributed by atoms with E-state index in [1.165, 1.54) is 11.3 Å². The molecule has 0 spiro atoms. The molecule has 28 heavy (non-hydrogen) atoms. The van der Waals surface area contributed by atoms with Crippen LogP contribution in [0.15, 0.2) is 35.1 Å². The summed E-state index contributed by atoms with van der Waals surface area (Å²) in [5.41, 5.74) is 0.561. The smallest absolute Gasteiger partial charge is 0.314 e. The van der Waals surface area contributed by atoms with Gasteiger partial charge in [0.25, 0.3) is 11.5 Å². The number of fused-ring (bicyclic) bond motifs is 3. The van der Waals surface area contributed by atoms with E-state index in [0.29, 0.717) is 36.5 Å². The van der Waals surface area contributed by atoms with E-state index in [-0.39, 0.29) is 23.6 Å². The third kappa shape index (κ3) is 3.46. The summed E-state index contributed by atoms with van der Waals surface area (Å²) < 4.78 is 6.45. The Morgan fingerprint density at radius 2 is 2.14 bits per heavy atom. The molecule has 1 saturated heterocycles. The first kappa shape index (κ1) is 18.5. The fourth-order valence-electron chi connectivity index (χ4n) is 3.32. The Morgan fingerprint density at radius 3 is 2.96 bits per heavy atom. The second-order valence-electron chi connectivity index (χ2n) is 6.56. The van der Waals surface area contributed by atoms with Crippen molar-refractivity contribution in [2.24, 2.45) is 0 Å². The Kier molecular flexibility index (Phi) is 5.01. The van der Waals surface area contributed by atoms with E-state index >= 15 is 0 Å². The van der Waals surface area contributed by atoms with Crippen LogP contribution in [0.25, 0.3) is 21.0 Å². The lowest BCUT2D eigenvalue weighted by atomic mass is 10.2. The predicted molar refractivity (Wildman–Crippen MR) is 108 cm³/mol. The van der Waals surface area contributed by atoms with E-state index in [4.69, 9.17) is 4.74 Å². The Labute approximate surface area is 164 Å². The van der Waals surface area contributed by atoms with Crippen molar-refractivity contribution in [3.8, 4) is 0 Å². The Bertz CT molecular complexity index is 1110. The standard InChI is InChI=1S/C19H20N4O4S/c1-20-19(26)21-9-11-10-23(6-7-27-11)18(25)15-8-13-16(28-15)12-4-2-3-5-14(12)22-17(13)24/h2-5,8,11H,6-7,9-10H2,1H3,(H,22,24)(H2,20,21,26). The maximum atomic E-state index is 13.0. The van der Waals surface area contributed by atoms with Gasteiger partial charge in [-0.15, -0.1) is 11.3 Å². The number of ether oxygens (including phenoxy) is 1. The number of urea groups is 1. The number of thiophene rings is 1. The highest BCUT2D eigenvalue weighted by Crippen LogP contribution is 2.30. The fraction of sp³-hybridized carbons (Fsp3) is 0.316. The van der Waals surface area contributed by atoms with Crippen molar-refractivity contribution in [1.29, 1.82) is 0 Å². The molecule has 1 atom stereocenters. The molecule has 1 unspecified atom stereocenters. The zero-order chi connectivity index (χ0) is 19.7. The lowest BCUT2D eigenvalue weighted by molar-refractivity contribution is -0.0190. The van der Waals surface area contributed by atoms with Gasteiger partial charge in [0.1, 0.15) is 0 Å². The van der Waals surface area contributed by atoms with Gasteiger partial charge in [0.05, 0.1) is 23.0 Å². The molecular weight excluding hydrogens is 380 g/mol. The van der Waals surface area contributed by atoms with Crippen LogP contribution in [-0.4, -0.2) is 61.2 Å². The molecule has 4 rings (SSSR count). The van der Waals surface area contributed by atoms with Crippen molar-refractivity contribution in [1.82, 2.24) is 20.5 Å². The summed E-state index contributed by atoms with van der Waals surface area (Å²) in [5.74, 6) is -0.127. The molecule has 1 aliphatic rings. The number of aromatic amines is 1. The largest absolute Gasteiger partial charge is 0.373 e. The summed E-state index contributed by atoms with van der Waals surface area (Å²) in [4.78, 5) is 41.9. The highest BCUT2D eigenvalue weighted by atomic mass is 32.1. The van der Waals surface area contributed by atoms with Gasteiger partial charge in [-0.1, -0.05) is 18.2 Å². The van der Waals surface area contributed by atoms with Gasteiger partial charge in [-0.25, -0.2) is 4.79 Å². The molecule has 3 amide bonds. The molecule has 1 aromatic carbocycles. The average molecular weight is 400 g/mol. The van der Waals surface area contributed by atoms with Crippen LogP contribution in [0.2, 0.25) is 0 Å². The number of nitrogens with one attached hydrogen (secondary N) is 3. The van der Waals surface area contributed by atoms with Gasteiger partial charge in [0, 0.05) is 42.3 Å². The molecule has 3 heterocycles. The molecule has 1 fully saturated rings. The topological polar surface area (TPSA) is 104 Å². The number of benzene rings is 1. The molecule has 8 nitrogen and oxygen atoms in total. The predicted octanol–water partition coefficient (Wildman–Crippen LogP) is 1.51. The zero-order valence-electron chi connectivity index (χ0n) is 15.3. The summed E-state index contributed by atoms with van der Waals surface area (Å²) >= 11 is 1.33. The fourth-order valence-corrected chi connectivity index (χ4v) is 4.49. The van der Waals surface area contributed by atoms with Gasteiger partial charge in [-0.3, -0.25) is 9.59 Å². The number of hydrogen-bond donors (Lipinski definition) is 3. The normalized spacial score (nSPS) is 17.0. The number of carbonyl (C=O) groups excluding carboxylic acids is 2. The van der Waals surface area contributed by atoms with E-state index in [1.807, 2.05) is 24.3 Å². The number of carbonyl (C=O) groups is 2. The number of rotatable bonds is 3. The highest BCUT2D eigenvalue weighted by molar-refractivity contribution is 7.21. The molecule has 146 valence electrons. The Morgan fingerprint density at radius 1 is 1.32 bits per heavy atom. The molecule has 1 aliphatic heterocycles. The van der Waals surface area contributed by atoms with Crippen molar-refractivity contribution in [3.05, 3.63) is 45.6 Å². The van der Waals surface area contributed by atoms with Crippen LogP contribution in [0.1, 0.15) is 9.67 Å². The van der Waals surface area contributed by atoms with Crippen LogP contribution in [-0.2, 0) is 4.74 Å². The molecule has 0 bridgehead atoms. The number of aromatic nitrogens is 1. The molecule has 0 radical (unpaired) electrons. The lowest BCUT2D eigenvalue weighted by Crippen LogP contribution is -2.50. The minimum absolute atomic E-state index is 0.127. The summed E-state index contributed by atoms with van der Waals surface area (Å²) in [5, 5.41) is 6.63. The highest BCUT2D eigenvalue weighted by Gasteiger charge is 2.27. The number of hydrogen-bond acceptors (Lipinski definition) is 5. The van der Waals surface area contributed by atoms with Crippen molar-refractivity contribution >= 4 is 44.3 Å². The van der Waals surface area contributed by atoms with Gasteiger partial charge in [0.15, 0.2) is 0 Å². The summed E-state index contributed by atoms with van der Waals surface area (Å²) in [7, 11) is 1.54. The Balaban J connectivity index is 1.58.